The van der Waals surface area contributed by atoms with Gasteiger partial charge < -0.3 is 9.80 Å². The van der Waals surface area contributed by atoms with Gasteiger partial charge in [-0.3, -0.25) is 9.59 Å². The lowest BCUT2D eigenvalue weighted by Crippen LogP contribution is -2.53. The number of carbonyl (C=O) groups is 2. The fourth-order valence-corrected chi connectivity index (χ4v) is 4.79. The number of rotatable bonds is 2. The standard InChI is InChI=1S/C19H13ClF2N4O2S/c20-10-6-11(21)9(5-12(10)22)18-23-13-1-4-29-17(13)19(24-18)25-2-3-26-14(8-25)15(27)7-16(26)28/h1,4-6,14H,2-3,7-8H2. The van der Waals surface area contributed by atoms with Gasteiger partial charge in [0.2, 0.25) is 5.91 Å². The van der Waals surface area contributed by atoms with Crippen LogP contribution in [0.4, 0.5) is 14.6 Å². The van der Waals surface area contributed by atoms with Gasteiger partial charge in [-0.1, -0.05) is 11.6 Å². The summed E-state index contributed by atoms with van der Waals surface area (Å²) in [5, 5.41) is 1.52. The van der Waals surface area contributed by atoms with E-state index in [0.717, 1.165) is 16.8 Å². The van der Waals surface area contributed by atoms with Crippen LogP contribution in [0, 0.1) is 11.6 Å². The highest BCUT2D eigenvalue weighted by atomic mass is 35.5. The predicted molar refractivity (Wildman–Crippen MR) is 105 cm³/mol. The second-order valence-electron chi connectivity index (χ2n) is 6.94. The number of benzene rings is 1. The van der Waals surface area contributed by atoms with Crippen molar-refractivity contribution in [2.75, 3.05) is 24.5 Å². The third-order valence-corrected chi connectivity index (χ3v) is 6.42. The summed E-state index contributed by atoms with van der Waals surface area (Å²) in [5.41, 5.74) is 0.507. The maximum atomic E-state index is 14.5. The SMILES string of the molecule is O=C1CC(=O)N2CCN(c3nc(-c4cc(F)c(Cl)cc4F)nc4ccsc34)CC12. The van der Waals surface area contributed by atoms with Crippen LogP contribution in [0.15, 0.2) is 23.6 Å². The molecule has 5 rings (SSSR count). The van der Waals surface area contributed by atoms with Gasteiger partial charge in [0.05, 0.1) is 27.2 Å². The van der Waals surface area contributed by atoms with Crippen LogP contribution in [0.25, 0.3) is 21.6 Å². The van der Waals surface area contributed by atoms with Crippen LogP contribution >= 0.6 is 22.9 Å². The molecule has 0 saturated carbocycles. The number of thiophene rings is 1. The number of ketones is 1. The Morgan fingerprint density at radius 2 is 1.97 bits per heavy atom. The molecule has 2 fully saturated rings. The molecule has 1 atom stereocenters. The fraction of sp³-hybridized carbons (Fsp3) is 0.263. The first-order valence-electron chi connectivity index (χ1n) is 8.89. The van der Waals surface area contributed by atoms with E-state index in [2.05, 4.69) is 9.97 Å². The summed E-state index contributed by atoms with van der Waals surface area (Å²) in [5.74, 6) is -1.16. The van der Waals surface area contributed by atoms with E-state index in [1.54, 1.807) is 11.0 Å². The summed E-state index contributed by atoms with van der Waals surface area (Å²) in [6.45, 7) is 1.20. The zero-order valence-corrected chi connectivity index (χ0v) is 16.4. The summed E-state index contributed by atoms with van der Waals surface area (Å²) in [7, 11) is 0. The first-order chi connectivity index (χ1) is 13.9. The third-order valence-electron chi connectivity index (χ3n) is 5.23. The summed E-state index contributed by atoms with van der Waals surface area (Å²) >= 11 is 7.08. The first kappa shape index (κ1) is 18.4. The predicted octanol–water partition coefficient (Wildman–Crippen LogP) is 3.28. The van der Waals surface area contributed by atoms with Gasteiger partial charge in [0.15, 0.2) is 17.4 Å². The van der Waals surface area contributed by atoms with Gasteiger partial charge in [0.25, 0.3) is 0 Å². The van der Waals surface area contributed by atoms with Crippen molar-refractivity contribution < 1.29 is 18.4 Å². The van der Waals surface area contributed by atoms with E-state index in [1.165, 1.54) is 11.3 Å². The molecule has 2 aromatic heterocycles. The van der Waals surface area contributed by atoms with E-state index in [0.29, 0.717) is 31.0 Å². The molecule has 6 nitrogen and oxygen atoms in total. The van der Waals surface area contributed by atoms with E-state index < -0.39 is 17.7 Å². The van der Waals surface area contributed by atoms with Crippen LogP contribution < -0.4 is 4.90 Å². The summed E-state index contributed by atoms with van der Waals surface area (Å²) in [6, 6.07) is 3.15. The number of carbonyl (C=O) groups excluding carboxylic acids is 2. The molecule has 0 bridgehead atoms. The average Bonchev–Trinajstić information content (AvgIpc) is 3.28. The van der Waals surface area contributed by atoms with Gasteiger partial charge >= 0.3 is 0 Å². The number of anilines is 1. The molecule has 4 heterocycles. The Morgan fingerprint density at radius 1 is 1.14 bits per heavy atom. The molecule has 3 aromatic rings. The lowest BCUT2D eigenvalue weighted by molar-refractivity contribution is -0.129. The quantitative estimate of drug-likeness (QED) is 0.457. The largest absolute Gasteiger partial charge is 0.351 e. The van der Waals surface area contributed by atoms with Gasteiger partial charge in [0.1, 0.15) is 17.7 Å². The van der Waals surface area contributed by atoms with Crippen LogP contribution in [-0.4, -0.2) is 52.2 Å². The summed E-state index contributed by atoms with van der Waals surface area (Å²) < 4.78 is 29.2. The smallest absolute Gasteiger partial charge is 0.230 e. The van der Waals surface area contributed by atoms with Crippen molar-refractivity contribution in [1.82, 2.24) is 14.9 Å². The summed E-state index contributed by atoms with van der Waals surface area (Å²) in [4.78, 5) is 36.5. The van der Waals surface area contributed by atoms with Crippen molar-refractivity contribution >= 4 is 50.7 Å². The molecule has 2 saturated heterocycles. The highest BCUT2D eigenvalue weighted by Gasteiger charge is 2.42. The highest BCUT2D eigenvalue weighted by molar-refractivity contribution is 7.17. The maximum Gasteiger partial charge on any atom is 0.230 e. The second-order valence-corrected chi connectivity index (χ2v) is 8.27. The molecule has 2 aliphatic heterocycles. The average molecular weight is 435 g/mol. The van der Waals surface area contributed by atoms with E-state index in [4.69, 9.17) is 11.6 Å². The van der Waals surface area contributed by atoms with Crippen molar-refractivity contribution in [2.45, 2.75) is 12.5 Å². The first-order valence-corrected chi connectivity index (χ1v) is 10.2. The molecule has 1 unspecified atom stereocenters. The molecule has 0 N–H and O–H groups in total. The highest BCUT2D eigenvalue weighted by Crippen LogP contribution is 2.35. The second kappa shape index (κ2) is 6.70. The van der Waals surface area contributed by atoms with E-state index in [9.17, 15) is 18.4 Å². The van der Waals surface area contributed by atoms with E-state index >= 15 is 0 Å². The number of hydrogen-bond acceptors (Lipinski definition) is 6. The molecule has 2 aliphatic rings. The molecule has 0 aliphatic carbocycles. The number of halogens is 3. The minimum Gasteiger partial charge on any atom is -0.351 e. The Hall–Kier alpha value is -2.65. The zero-order valence-electron chi connectivity index (χ0n) is 14.9. The Morgan fingerprint density at radius 3 is 2.79 bits per heavy atom. The van der Waals surface area contributed by atoms with Gasteiger partial charge in [-0.2, -0.15) is 0 Å². The molecular formula is C19H13ClF2N4O2S. The number of piperazine rings is 1. The van der Waals surface area contributed by atoms with Crippen molar-refractivity contribution in [1.29, 1.82) is 0 Å². The maximum absolute atomic E-state index is 14.5. The normalized spacial score (nSPS) is 19.3. The van der Waals surface area contributed by atoms with Crippen LogP contribution in [0.1, 0.15) is 6.42 Å². The molecule has 1 aromatic carbocycles. The van der Waals surface area contributed by atoms with Gasteiger partial charge in [-0.25, -0.2) is 18.7 Å². The van der Waals surface area contributed by atoms with Crippen molar-refractivity contribution in [3.63, 3.8) is 0 Å². The van der Waals surface area contributed by atoms with Crippen LogP contribution in [0.5, 0.6) is 0 Å². The molecule has 0 radical (unpaired) electrons. The van der Waals surface area contributed by atoms with Crippen LogP contribution in [-0.2, 0) is 9.59 Å². The molecule has 0 spiro atoms. The Bertz CT molecular complexity index is 1180. The lowest BCUT2D eigenvalue weighted by atomic mass is 10.1. The van der Waals surface area contributed by atoms with Gasteiger partial charge in [-0.05, 0) is 23.6 Å². The molecular weight excluding hydrogens is 422 g/mol. The van der Waals surface area contributed by atoms with Crippen LogP contribution in [0.2, 0.25) is 5.02 Å². The van der Waals surface area contributed by atoms with Gasteiger partial charge in [0, 0.05) is 19.6 Å². The van der Waals surface area contributed by atoms with Crippen molar-refractivity contribution in [2.24, 2.45) is 0 Å². The number of hydrogen-bond donors (Lipinski definition) is 0. The number of nitrogens with zero attached hydrogens (tertiary/aromatic N) is 4. The lowest BCUT2D eigenvalue weighted by Gasteiger charge is -2.37. The number of Topliss-reactive ketones (excluding diaryl/α,β-unsaturated/α-hetero) is 1. The summed E-state index contributed by atoms with van der Waals surface area (Å²) in [6.07, 6.45) is -0.0722. The fourth-order valence-electron chi connectivity index (χ4n) is 3.79. The number of amides is 1. The molecule has 10 heteroatoms. The minimum atomic E-state index is -0.762. The van der Waals surface area contributed by atoms with Crippen molar-refractivity contribution in [3.8, 4) is 11.4 Å². The minimum absolute atomic E-state index is 0.0372. The Labute approximate surface area is 172 Å². The van der Waals surface area contributed by atoms with Crippen LogP contribution in [0.3, 0.4) is 0 Å². The zero-order chi connectivity index (χ0) is 20.3. The van der Waals surface area contributed by atoms with E-state index in [-0.39, 0.29) is 34.5 Å². The number of fused-ring (bicyclic) bond motifs is 2. The molecule has 29 heavy (non-hydrogen) atoms. The monoisotopic (exact) mass is 434 g/mol. The third kappa shape index (κ3) is 2.96. The van der Waals surface area contributed by atoms with Crippen molar-refractivity contribution in [3.05, 3.63) is 40.2 Å². The molecule has 148 valence electrons. The Balaban J connectivity index is 1.60. The molecule has 1 amide bonds. The number of aromatic nitrogens is 2. The van der Waals surface area contributed by atoms with Gasteiger partial charge in [-0.15, -0.1) is 11.3 Å². The topological polar surface area (TPSA) is 66.4 Å². The van der Waals surface area contributed by atoms with E-state index in [1.807, 2.05) is 10.3 Å². The Kier molecular flexibility index (Phi) is 4.25.